The van der Waals surface area contributed by atoms with Gasteiger partial charge in [-0.25, -0.2) is 4.39 Å². The summed E-state index contributed by atoms with van der Waals surface area (Å²) in [7, 11) is 0. The first-order chi connectivity index (χ1) is 12.7. The van der Waals surface area contributed by atoms with E-state index in [2.05, 4.69) is 4.57 Å². The maximum atomic E-state index is 13.1. The molecule has 2 fully saturated rings. The topological polar surface area (TPSA) is 54.7 Å². The second-order valence-corrected chi connectivity index (χ2v) is 8.30. The summed E-state index contributed by atoms with van der Waals surface area (Å²) in [6.45, 7) is 7.64. The lowest BCUT2D eigenvalue weighted by atomic mass is 9.85. The Labute approximate surface area is 158 Å². The normalized spacial score (nSPS) is 23.7. The van der Waals surface area contributed by atoms with Gasteiger partial charge < -0.3 is 19.3 Å². The number of hydrogen-bond acceptors (Lipinski definition) is 3. The van der Waals surface area contributed by atoms with E-state index in [4.69, 9.17) is 4.74 Å². The lowest BCUT2D eigenvalue weighted by Gasteiger charge is -2.47. The van der Waals surface area contributed by atoms with Gasteiger partial charge in [0.1, 0.15) is 11.4 Å². The molecule has 1 aromatic carbocycles. The van der Waals surface area contributed by atoms with Crippen molar-refractivity contribution in [2.75, 3.05) is 19.7 Å². The van der Waals surface area contributed by atoms with E-state index in [-0.39, 0.29) is 11.7 Å². The Morgan fingerprint density at radius 1 is 1.26 bits per heavy atom. The highest BCUT2D eigenvalue weighted by molar-refractivity contribution is 5.96. The summed E-state index contributed by atoms with van der Waals surface area (Å²) in [5.74, 6) is -0.260. The number of rotatable bonds is 3. The molecule has 1 atom stereocenters. The molecule has 144 valence electrons. The number of aliphatic hydroxyl groups is 1. The van der Waals surface area contributed by atoms with Gasteiger partial charge >= 0.3 is 0 Å². The number of halogens is 1. The Balaban J connectivity index is 1.48. The average molecular weight is 372 g/mol. The SMILES string of the molecule is Cc1cc(C(=O)N2CC3(C2)CC(C)(O)CO3)c(C)n1Cc1ccc(F)cc1. The van der Waals surface area contributed by atoms with Crippen molar-refractivity contribution in [1.82, 2.24) is 9.47 Å². The minimum Gasteiger partial charge on any atom is -0.388 e. The molecular weight excluding hydrogens is 347 g/mol. The van der Waals surface area contributed by atoms with Crippen LogP contribution in [0.15, 0.2) is 30.3 Å². The van der Waals surface area contributed by atoms with Crippen molar-refractivity contribution < 1.29 is 19.0 Å². The highest BCUT2D eigenvalue weighted by Crippen LogP contribution is 2.40. The van der Waals surface area contributed by atoms with E-state index in [0.717, 1.165) is 17.0 Å². The van der Waals surface area contributed by atoms with Gasteiger partial charge in [0.2, 0.25) is 0 Å². The molecule has 2 aliphatic rings. The Hall–Kier alpha value is -2.18. The van der Waals surface area contributed by atoms with Crippen LogP contribution < -0.4 is 0 Å². The number of hydrogen-bond donors (Lipinski definition) is 1. The number of aromatic nitrogens is 1. The summed E-state index contributed by atoms with van der Waals surface area (Å²) < 4.78 is 21.0. The van der Waals surface area contributed by atoms with E-state index in [9.17, 15) is 14.3 Å². The molecule has 3 heterocycles. The lowest BCUT2D eigenvalue weighted by Crippen LogP contribution is -2.63. The number of ether oxygens (including phenoxy) is 1. The predicted octanol–water partition coefficient (Wildman–Crippen LogP) is 2.66. The molecule has 0 saturated carbocycles. The molecule has 1 N–H and O–H groups in total. The number of carbonyl (C=O) groups excluding carboxylic acids is 1. The second-order valence-electron chi connectivity index (χ2n) is 8.30. The van der Waals surface area contributed by atoms with Crippen LogP contribution in [0.2, 0.25) is 0 Å². The van der Waals surface area contributed by atoms with E-state index in [0.29, 0.717) is 38.2 Å². The van der Waals surface area contributed by atoms with Crippen LogP contribution >= 0.6 is 0 Å². The molecule has 27 heavy (non-hydrogen) atoms. The average Bonchev–Trinajstić information content (AvgIpc) is 3.06. The summed E-state index contributed by atoms with van der Waals surface area (Å²) >= 11 is 0. The zero-order chi connectivity index (χ0) is 19.4. The van der Waals surface area contributed by atoms with Crippen molar-refractivity contribution in [2.45, 2.75) is 44.9 Å². The molecule has 4 rings (SSSR count). The van der Waals surface area contributed by atoms with Crippen LogP contribution in [0.4, 0.5) is 4.39 Å². The molecule has 5 nitrogen and oxygen atoms in total. The van der Waals surface area contributed by atoms with Crippen molar-refractivity contribution >= 4 is 5.91 Å². The number of likely N-dealkylation sites (tertiary alicyclic amines) is 1. The number of nitrogens with zero attached hydrogens (tertiary/aromatic N) is 2. The third-order valence-corrected chi connectivity index (χ3v) is 5.70. The summed E-state index contributed by atoms with van der Waals surface area (Å²) in [6, 6.07) is 8.34. The van der Waals surface area contributed by atoms with Gasteiger partial charge in [0.05, 0.1) is 30.9 Å². The number of amides is 1. The van der Waals surface area contributed by atoms with E-state index in [1.807, 2.05) is 19.9 Å². The van der Waals surface area contributed by atoms with Crippen molar-refractivity contribution in [1.29, 1.82) is 0 Å². The maximum Gasteiger partial charge on any atom is 0.255 e. The fraction of sp³-hybridized carbons (Fsp3) is 0.476. The summed E-state index contributed by atoms with van der Waals surface area (Å²) in [4.78, 5) is 14.7. The monoisotopic (exact) mass is 372 g/mol. The Morgan fingerprint density at radius 2 is 1.93 bits per heavy atom. The number of benzene rings is 1. The quantitative estimate of drug-likeness (QED) is 0.901. The zero-order valence-corrected chi connectivity index (χ0v) is 16.0. The van der Waals surface area contributed by atoms with Crippen LogP contribution in [0.3, 0.4) is 0 Å². The third-order valence-electron chi connectivity index (χ3n) is 5.70. The van der Waals surface area contributed by atoms with Gasteiger partial charge in [0.15, 0.2) is 0 Å². The molecule has 0 bridgehead atoms. The molecular formula is C21H25FN2O3. The predicted molar refractivity (Wildman–Crippen MR) is 99.2 cm³/mol. The van der Waals surface area contributed by atoms with Gasteiger partial charge in [-0.3, -0.25) is 4.79 Å². The molecule has 2 aromatic rings. The highest BCUT2D eigenvalue weighted by Gasteiger charge is 2.54. The fourth-order valence-corrected chi connectivity index (χ4v) is 4.30. The van der Waals surface area contributed by atoms with Crippen LogP contribution in [0.5, 0.6) is 0 Å². The lowest BCUT2D eigenvalue weighted by molar-refractivity contribution is -0.0954. The zero-order valence-electron chi connectivity index (χ0n) is 16.0. The first kappa shape index (κ1) is 18.2. The smallest absolute Gasteiger partial charge is 0.255 e. The van der Waals surface area contributed by atoms with Crippen LogP contribution in [-0.4, -0.2) is 51.4 Å². The molecule has 2 aliphatic heterocycles. The van der Waals surface area contributed by atoms with Crippen molar-refractivity contribution in [3.05, 3.63) is 58.7 Å². The summed E-state index contributed by atoms with van der Waals surface area (Å²) in [5, 5.41) is 10.1. The molecule has 1 aromatic heterocycles. The summed E-state index contributed by atoms with van der Waals surface area (Å²) in [6.07, 6.45) is 0.563. The minimum absolute atomic E-state index is 0.00535. The van der Waals surface area contributed by atoms with Crippen molar-refractivity contribution in [3.63, 3.8) is 0 Å². The van der Waals surface area contributed by atoms with Crippen LogP contribution in [-0.2, 0) is 11.3 Å². The summed E-state index contributed by atoms with van der Waals surface area (Å²) in [5.41, 5.74) is 2.38. The Kier molecular flexibility index (Phi) is 4.16. The van der Waals surface area contributed by atoms with Gasteiger partial charge in [-0.15, -0.1) is 0 Å². The third kappa shape index (κ3) is 3.28. The maximum absolute atomic E-state index is 13.1. The van der Waals surface area contributed by atoms with E-state index < -0.39 is 11.2 Å². The van der Waals surface area contributed by atoms with E-state index in [1.165, 1.54) is 12.1 Å². The van der Waals surface area contributed by atoms with Gasteiger partial charge in [-0.1, -0.05) is 12.1 Å². The minimum atomic E-state index is -0.805. The standard InChI is InChI=1S/C21H25FN2O3/c1-14-8-18(15(2)24(14)9-16-4-6-17(22)7-5-16)19(25)23-11-21(12-23)10-20(3,26)13-27-21/h4-8,26H,9-13H2,1-3H3. The first-order valence-corrected chi connectivity index (χ1v) is 9.25. The first-order valence-electron chi connectivity index (χ1n) is 9.25. The molecule has 0 radical (unpaired) electrons. The van der Waals surface area contributed by atoms with Gasteiger partial charge in [-0.2, -0.15) is 0 Å². The van der Waals surface area contributed by atoms with E-state index >= 15 is 0 Å². The number of aryl methyl sites for hydroxylation is 1. The molecule has 1 amide bonds. The second kappa shape index (κ2) is 6.17. The molecule has 6 heteroatoms. The van der Waals surface area contributed by atoms with Crippen LogP contribution in [0.25, 0.3) is 0 Å². The van der Waals surface area contributed by atoms with Crippen molar-refractivity contribution in [3.8, 4) is 0 Å². The van der Waals surface area contributed by atoms with E-state index in [1.54, 1.807) is 24.0 Å². The molecule has 0 aliphatic carbocycles. The molecule has 1 spiro atoms. The number of carbonyl (C=O) groups is 1. The Bertz CT molecular complexity index is 880. The fourth-order valence-electron chi connectivity index (χ4n) is 4.30. The molecule has 2 saturated heterocycles. The van der Waals surface area contributed by atoms with Gasteiger partial charge in [0, 0.05) is 24.4 Å². The Morgan fingerprint density at radius 3 is 2.52 bits per heavy atom. The van der Waals surface area contributed by atoms with Gasteiger partial charge in [0.25, 0.3) is 5.91 Å². The molecule has 1 unspecified atom stereocenters. The van der Waals surface area contributed by atoms with Crippen LogP contribution in [0.1, 0.15) is 40.7 Å². The van der Waals surface area contributed by atoms with Gasteiger partial charge in [-0.05, 0) is 44.5 Å². The highest BCUT2D eigenvalue weighted by atomic mass is 19.1. The van der Waals surface area contributed by atoms with Crippen molar-refractivity contribution in [2.24, 2.45) is 0 Å². The largest absolute Gasteiger partial charge is 0.388 e. The van der Waals surface area contributed by atoms with Crippen LogP contribution in [0, 0.1) is 19.7 Å².